The lowest BCUT2D eigenvalue weighted by atomic mass is 10.2. The van der Waals surface area contributed by atoms with Crippen molar-refractivity contribution in [3.63, 3.8) is 0 Å². The zero-order valence-corrected chi connectivity index (χ0v) is 9.10. The monoisotopic (exact) mass is 240 g/mol. The highest BCUT2D eigenvalue weighted by molar-refractivity contribution is 5.97. The zero-order chi connectivity index (χ0) is 13.0. The number of nitrogens with one attached hydrogen (secondary N) is 1. The third-order valence-electron chi connectivity index (χ3n) is 2.00. The van der Waals surface area contributed by atoms with Gasteiger partial charge in [0.25, 0.3) is 5.91 Å². The molecule has 0 aliphatic carbocycles. The molecule has 0 aromatic carbocycles. The molecule has 1 atom stereocenters. The average molecular weight is 240 g/mol. The Labute approximate surface area is 96.6 Å². The first-order valence-electron chi connectivity index (χ1n) is 4.77. The van der Waals surface area contributed by atoms with Crippen LogP contribution in [0, 0.1) is 6.92 Å². The van der Waals surface area contributed by atoms with Gasteiger partial charge in [-0.1, -0.05) is 0 Å². The van der Waals surface area contributed by atoms with Crippen molar-refractivity contribution in [3.05, 3.63) is 23.7 Å². The number of amides is 2. The van der Waals surface area contributed by atoms with Gasteiger partial charge in [0.2, 0.25) is 5.91 Å². The van der Waals surface area contributed by atoms with Gasteiger partial charge in [0.1, 0.15) is 18.1 Å². The Kier molecular flexibility index (Phi) is 3.86. The highest BCUT2D eigenvalue weighted by Gasteiger charge is 2.23. The van der Waals surface area contributed by atoms with Crippen LogP contribution in [0.5, 0.6) is 0 Å². The van der Waals surface area contributed by atoms with Crippen LogP contribution >= 0.6 is 0 Å². The van der Waals surface area contributed by atoms with E-state index in [0.717, 1.165) is 0 Å². The van der Waals surface area contributed by atoms with Gasteiger partial charge >= 0.3 is 5.97 Å². The summed E-state index contributed by atoms with van der Waals surface area (Å²) in [5, 5.41) is 11.0. The Morgan fingerprint density at radius 1 is 1.53 bits per heavy atom. The molecule has 0 bridgehead atoms. The van der Waals surface area contributed by atoms with Crippen molar-refractivity contribution in [3.8, 4) is 0 Å². The third-order valence-corrected chi connectivity index (χ3v) is 2.00. The van der Waals surface area contributed by atoms with Crippen molar-refractivity contribution < 1.29 is 23.9 Å². The van der Waals surface area contributed by atoms with Crippen LogP contribution in [0.15, 0.2) is 16.7 Å². The molecule has 92 valence electrons. The maximum Gasteiger partial charge on any atom is 0.326 e. The molecular formula is C10H12N2O5. The van der Waals surface area contributed by atoms with Gasteiger partial charge in [-0.15, -0.1) is 0 Å². The summed E-state index contributed by atoms with van der Waals surface area (Å²) >= 11 is 0. The number of aliphatic carboxylic acids is 1. The number of carbonyl (C=O) groups excluding carboxylic acids is 2. The molecule has 1 aromatic heterocycles. The summed E-state index contributed by atoms with van der Waals surface area (Å²) in [5.74, 6) is -2.23. The molecule has 17 heavy (non-hydrogen) atoms. The van der Waals surface area contributed by atoms with Crippen LogP contribution < -0.4 is 11.1 Å². The Bertz CT molecular complexity index is 451. The van der Waals surface area contributed by atoms with Crippen LogP contribution in [0.25, 0.3) is 0 Å². The van der Waals surface area contributed by atoms with Crippen LogP contribution in [-0.2, 0) is 9.59 Å². The van der Waals surface area contributed by atoms with Gasteiger partial charge in [0.15, 0.2) is 0 Å². The molecule has 0 radical (unpaired) electrons. The molecule has 1 aromatic rings. The van der Waals surface area contributed by atoms with E-state index in [4.69, 9.17) is 15.3 Å². The van der Waals surface area contributed by atoms with E-state index in [1.165, 1.54) is 12.3 Å². The largest absolute Gasteiger partial charge is 0.480 e. The van der Waals surface area contributed by atoms with E-state index in [0.29, 0.717) is 5.76 Å². The van der Waals surface area contributed by atoms with Gasteiger partial charge in [-0.25, -0.2) is 4.79 Å². The van der Waals surface area contributed by atoms with E-state index in [1.807, 2.05) is 0 Å². The molecule has 0 fully saturated rings. The van der Waals surface area contributed by atoms with Crippen LogP contribution in [0.1, 0.15) is 22.5 Å². The zero-order valence-electron chi connectivity index (χ0n) is 9.10. The second-order valence-corrected chi connectivity index (χ2v) is 3.48. The highest BCUT2D eigenvalue weighted by Crippen LogP contribution is 2.06. The average Bonchev–Trinajstić information content (AvgIpc) is 2.63. The quantitative estimate of drug-likeness (QED) is 0.649. The summed E-state index contributed by atoms with van der Waals surface area (Å²) in [6.45, 7) is 1.65. The van der Waals surface area contributed by atoms with E-state index >= 15 is 0 Å². The highest BCUT2D eigenvalue weighted by atomic mass is 16.4. The summed E-state index contributed by atoms with van der Waals surface area (Å²) in [4.78, 5) is 33.0. The van der Waals surface area contributed by atoms with Crippen molar-refractivity contribution in [2.45, 2.75) is 19.4 Å². The standard InChI is InChI=1S/C10H12N2O5/c1-5-2-6(4-17-5)9(14)12-7(10(15)16)3-8(11)13/h2,4,7H,3H2,1H3,(H2,11,13)(H,12,14)(H,15,16)/t7-/m0/s1. The molecule has 0 aliphatic rings. The minimum atomic E-state index is -1.34. The van der Waals surface area contributed by atoms with Crippen LogP contribution in [-0.4, -0.2) is 28.9 Å². The minimum Gasteiger partial charge on any atom is -0.480 e. The fourth-order valence-corrected chi connectivity index (χ4v) is 1.21. The normalized spacial score (nSPS) is 11.8. The van der Waals surface area contributed by atoms with Crippen LogP contribution in [0.4, 0.5) is 0 Å². The SMILES string of the molecule is Cc1cc(C(=O)N[C@@H](CC(N)=O)C(=O)O)co1. The Balaban J connectivity index is 2.70. The molecule has 0 saturated carbocycles. The number of nitrogens with two attached hydrogens (primary N) is 1. The number of furan rings is 1. The number of carboxylic acid groups (broad SMARTS) is 1. The molecular weight excluding hydrogens is 228 g/mol. The maximum atomic E-state index is 11.6. The first kappa shape index (κ1) is 12.8. The number of hydrogen-bond acceptors (Lipinski definition) is 4. The third kappa shape index (κ3) is 3.63. The Morgan fingerprint density at radius 2 is 2.18 bits per heavy atom. The summed E-state index contributed by atoms with van der Waals surface area (Å²) in [6.07, 6.45) is 0.742. The second-order valence-electron chi connectivity index (χ2n) is 3.48. The van der Waals surface area contributed by atoms with Gasteiger partial charge in [-0.2, -0.15) is 0 Å². The number of carbonyl (C=O) groups is 3. The molecule has 0 aliphatic heterocycles. The lowest BCUT2D eigenvalue weighted by molar-refractivity contribution is -0.140. The molecule has 0 saturated heterocycles. The van der Waals surface area contributed by atoms with Crippen molar-refractivity contribution in [2.75, 3.05) is 0 Å². The Morgan fingerprint density at radius 3 is 2.59 bits per heavy atom. The number of aryl methyl sites for hydroxylation is 1. The van der Waals surface area contributed by atoms with Gasteiger partial charge in [0.05, 0.1) is 12.0 Å². The fraction of sp³-hybridized carbons (Fsp3) is 0.300. The molecule has 2 amide bonds. The number of primary amides is 1. The van der Waals surface area contributed by atoms with Gasteiger partial charge < -0.3 is 20.6 Å². The topological polar surface area (TPSA) is 123 Å². The van der Waals surface area contributed by atoms with Gasteiger partial charge in [0, 0.05) is 0 Å². The predicted octanol–water partition coefficient (Wildman–Crippen LogP) is -0.354. The molecule has 0 unspecified atom stereocenters. The lowest BCUT2D eigenvalue weighted by Crippen LogP contribution is -2.43. The van der Waals surface area contributed by atoms with E-state index in [1.54, 1.807) is 6.92 Å². The number of rotatable bonds is 5. The van der Waals surface area contributed by atoms with Gasteiger partial charge in [-0.05, 0) is 13.0 Å². The van der Waals surface area contributed by atoms with Crippen molar-refractivity contribution >= 4 is 17.8 Å². The molecule has 7 nitrogen and oxygen atoms in total. The minimum absolute atomic E-state index is 0.193. The number of hydrogen-bond donors (Lipinski definition) is 3. The van der Waals surface area contributed by atoms with Crippen molar-refractivity contribution in [1.29, 1.82) is 0 Å². The van der Waals surface area contributed by atoms with E-state index in [2.05, 4.69) is 5.32 Å². The van der Waals surface area contributed by atoms with E-state index in [-0.39, 0.29) is 5.56 Å². The van der Waals surface area contributed by atoms with Gasteiger partial charge in [-0.3, -0.25) is 9.59 Å². The maximum absolute atomic E-state index is 11.6. The first-order chi connectivity index (χ1) is 7.90. The smallest absolute Gasteiger partial charge is 0.326 e. The molecule has 4 N–H and O–H groups in total. The van der Waals surface area contributed by atoms with Crippen molar-refractivity contribution in [1.82, 2.24) is 5.32 Å². The summed E-state index contributed by atoms with van der Waals surface area (Å²) in [5.41, 5.74) is 5.07. The summed E-state index contributed by atoms with van der Waals surface area (Å²) in [7, 11) is 0. The Hall–Kier alpha value is -2.31. The molecule has 7 heteroatoms. The van der Waals surface area contributed by atoms with E-state index in [9.17, 15) is 14.4 Å². The fourth-order valence-electron chi connectivity index (χ4n) is 1.21. The molecule has 1 rings (SSSR count). The predicted molar refractivity (Wildman–Crippen MR) is 56.1 cm³/mol. The van der Waals surface area contributed by atoms with Crippen LogP contribution in [0.3, 0.4) is 0 Å². The first-order valence-corrected chi connectivity index (χ1v) is 4.77. The second kappa shape index (κ2) is 5.15. The van der Waals surface area contributed by atoms with E-state index < -0.39 is 30.2 Å². The number of carboxylic acids is 1. The molecule has 1 heterocycles. The molecule has 0 spiro atoms. The summed E-state index contributed by atoms with van der Waals surface area (Å²) in [6, 6.07) is 0.119. The summed E-state index contributed by atoms with van der Waals surface area (Å²) < 4.78 is 4.91. The lowest BCUT2D eigenvalue weighted by Gasteiger charge is -2.11. The van der Waals surface area contributed by atoms with Crippen LogP contribution in [0.2, 0.25) is 0 Å². The van der Waals surface area contributed by atoms with Crippen molar-refractivity contribution in [2.24, 2.45) is 5.73 Å².